The average Bonchev–Trinajstić information content (AvgIpc) is 2.80. The van der Waals surface area contributed by atoms with E-state index in [4.69, 9.17) is 23.2 Å². The van der Waals surface area contributed by atoms with Crippen LogP contribution < -0.4 is 10.0 Å². The molecular weight excluding hydrogens is 444 g/mol. The Bertz CT molecular complexity index is 1000. The Morgan fingerprint density at radius 3 is 2.43 bits per heavy atom. The van der Waals surface area contributed by atoms with Crippen LogP contribution in [0.5, 0.6) is 0 Å². The first-order chi connectivity index (χ1) is 12.7. The van der Waals surface area contributed by atoms with Gasteiger partial charge in [-0.15, -0.1) is 0 Å². The summed E-state index contributed by atoms with van der Waals surface area (Å²) in [4.78, 5) is 15.8. The summed E-state index contributed by atoms with van der Waals surface area (Å²) >= 11 is 11.8. The van der Waals surface area contributed by atoms with Crippen molar-refractivity contribution in [1.29, 1.82) is 0 Å². The van der Waals surface area contributed by atoms with Gasteiger partial charge in [-0.2, -0.15) is 17.9 Å². The lowest BCUT2D eigenvalue weighted by Crippen LogP contribution is -2.42. The maximum Gasteiger partial charge on any atom is 0.404 e. The summed E-state index contributed by atoms with van der Waals surface area (Å²) in [6, 6.07) is 0.547. The normalized spacial score (nSPS) is 13.4. The molecule has 0 fully saturated rings. The molecule has 0 bridgehead atoms. The number of hydrogen-bond donors (Lipinski definition) is 2. The van der Waals surface area contributed by atoms with E-state index in [0.29, 0.717) is 12.6 Å². The molecule has 1 atom stereocenters. The summed E-state index contributed by atoms with van der Waals surface area (Å²) in [6.07, 6.45) is -3.83. The molecule has 0 spiro atoms. The minimum absolute atomic E-state index is 0.127. The van der Waals surface area contributed by atoms with E-state index in [2.05, 4.69) is 10.3 Å². The maximum atomic E-state index is 12.7. The van der Waals surface area contributed by atoms with Crippen molar-refractivity contribution in [2.24, 2.45) is 7.05 Å². The smallest absolute Gasteiger partial charge is 0.344 e. The third-order valence-corrected chi connectivity index (χ3v) is 5.84. The lowest BCUT2D eigenvalue weighted by molar-refractivity contribution is -0.147. The number of nitrogens with zero attached hydrogens (tertiary/aromatic N) is 2. The van der Waals surface area contributed by atoms with Crippen LogP contribution >= 0.6 is 23.2 Å². The summed E-state index contributed by atoms with van der Waals surface area (Å²) in [5.74, 6) is -0.778. The Balaban J connectivity index is 2.36. The molecule has 0 unspecified atom stereocenters. The Morgan fingerprint density at radius 2 is 1.89 bits per heavy atom. The highest BCUT2D eigenvalue weighted by Gasteiger charge is 2.40. The summed E-state index contributed by atoms with van der Waals surface area (Å²) in [5.41, 5.74) is 0.551. The molecule has 13 heteroatoms. The molecule has 0 saturated heterocycles. The second-order valence-corrected chi connectivity index (χ2v) is 8.37. The Kier molecular flexibility index (Phi) is 6.34. The van der Waals surface area contributed by atoms with Crippen LogP contribution in [0.15, 0.2) is 23.2 Å². The maximum absolute atomic E-state index is 12.7. The molecule has 2 aromatic rings. The highest BCUT2D eigenvalue weighted by atomic mass is 35.5. The first-order valence-corrected chi connectivity index (χ1v) is 9.85. The standard InChI is InChI=1S/C15H15Cl2F3N4O3S/c1-7-4-9(5-11(16)21-7)22-14(25)13-12(17)10(6-24(13)3)28(26,27)23-8(2)15(18,19)20/h4-6,8,23H,1-3H3,(H,21,22,25)/t8-/m1/s1. The number of alkyl halides is 3. The van der Waals surface area contributed by atoms with Gasteiger partial charge in [-0.05, 0) is 26.0 Å². The predicted octanol–water partition coefficient (Wildman–Crippen LogP) is 3.52. The number of amides is 1. The number of rotatable bonds is 5. The highest BCUT2D eigenvalue weighted by molar-refractivity contribution is 7.89. The number of hydrogen-bond acceptors (Lipinski definition) is 4. The number of aryl methyl sites for hydroxylation is 2. The molecule has 0 aromatic carbocycles. The van der Waals surface area contributed by atoms with Crippen molar-refractivity contribution in [3.8, 4) is 0 Å². The van der Waals surface area contributed by atoms with E-state index >= 15 is 0 Å². The number of nitrogens with one attached hydrogen (secondary N) is 2. The molecule has 0 aliphatic carbocycles. The van der Waals surface area contributed by atoms with Gasteiger partial charge < -0.3 is 9.88 Å². The van der Waals surface area contributed by atoms with Gasteiger partial charge in [0.05, 0.1) is 5.02 Å². The molecule has 0 radical (unpaired) electrons. The molecule has 0 aliphatic heterocycles. The van der Waals surface area contributed by atoms with Crippen LogP contribution in [0.4, 0.5) is 18.9 Å². The number of sulfonamides is 1. The van der Waals surface area contributed by atoms with Gasteiger partial charge in [0.25, 0.3) is 5.91 Å². The molecule has 154 valence electrons. The van der Waals surface area contributed by atoms with Crippen molar-refractivity contribution in [1.82, 2.24) is 14.3 Å². The Hall–Kier alpha value is -1.82. The van der Waals surface area contributed by atoms with Crippen molar-refractivity contribution in [3.05, 3.63) is 39.9 Å². The second-order valence-electron chi connectivity index (χ2n) is 5.93. The molecule has 2 aromatic heterocycles. The summed E-state index contributed by atoms with van der Waals surface area (Å²) in [5, 5.41) is 2.10. The van der Waals surface area contributed by atoms with Gasteiger partial charge >= 0.3 is 6.18 Å². The minimum Gasteiger partial charge on any atom is -0.344 e. The van der Waals surface area contributed by atoms with E-state index < -0.39 is 38.1 Å². The fourth-order valence-electron chi connectivity index (χ4n) is 2.27. The van der Waals surface area contributed by atoms with Crippen LogP contribution in [0.3, 0.4) is 0 Å². The molecule has 28 heavy (non-hydrogen) atoms. The van der Waals surface area contributed by atoms with Gasteiger partial charge in [0.2, 0.25) is 10.0 Å². The van der Waals surface area contributed by atoms with Gasteiger partial charge in [0.1, 0.15) is 21.8 Å². The van der Waals surface area contributed by atoms with Crippen LogP contribution in [0.1, 0.15) is 23.1 Å². The summed E-state index contributed by atoms with van der Waals surface area (Å²) in [6.45, 7) is 2.30. The van der Waals surface area contributed by atoms with Crippen LogP contribution in [0.2, 0.25) is 10.2 Å². The quantitative estimate of drug-likeness (QED) is 0.670. The van der Waals surface area contributed by atoms with E-state index in [1.807, 2.05) is 0 Å². The van der Waals surface area contributed by atoms with Gasteiger partial charge in [-0.3, -0.25) is 4.79 Å². The number of carbonyl (C=O) groups is 1. The second kappa shape index (κ2) is 7.90. The van der Waals surface area contributed by atoms with Crippen molar-refractivity contribution in [3.63, 3.8) is 0 Å². The molecular formula is C15H15Cl2F3N4O3S. The Morgan fingerprint density at radius 1 is 1.29 bits per heavy atom. The predicted molar refractivity (Wildman–Crippen MR) is 98.2 cm³/mol. The fourth-order valence-corrected chi connectivity index (χ4v) is 4.45. The van der Waals surface area contributed by atoms with Crippen molar-refractivity contribution in [2.45, 2.75) is 31.0 Å². The molecule has 2 heterocycles. The third kappa shape index (κ3) is 4.96. The molecule has 2 rings (SSSR count). The lowest BCUT2D eigenvalue weighted by atomic mass is 10.3. The van der Waals surface area contributed by atoms with Crippen molar-refractivity contribution < 1.29 is 26.4 Å². The van der Waals surface area contributed by atoms with Gasteiger partial charge in [-0.1, -0.05) is 23.2 Å². The Labute approximate surface area is 168 Å². The number of carbonyl (C=O) groups excluding carboxylic acids is 1. The zero-order valence-electron chi connectivity index (χ0n) is 14.7. The van der Waals surface area contributed by atoms with Gasteiger partial charge in [-0.25, -0.2) is 13.4 Å². The lowest BCUT2D eigenvalue weighted by Gasteiger charge is -2.16. The third-order valence-electron chi connectivity index (χ3n) is 3.60. The number of halogens is 5. The number of anilines is 1. The molecule has 7 nitrogen and oxygen atoms in total. The fraction of sp³-hybridized carbons (Fsp3) is 0.333. The monoisotopic (exact) mass is 458 g/mol. The molecule has 1 amide bonds. The van der Waals surface area contributed by atoms with Crippen LogP contribution in [0, 0.1) is 6.92 Å². The van der Waals surface area contributed by atoms with Crippen molar-refractivity contribution in [2.75, 3.05) is 5.32 Å². The van der Waals surface area contributed by atoms with E-state index in [1.54, 1.807) is 6.92 Å². The van der Waals surface area contributed by atoms with E-state index in [-0.39, 0.29) is 16.5 Å². The first kappa shape index (κ1) is 22.5. The molecule has 0 aliphatic rings. The zero-order chi connectivity index (χ0) is 21.4. The molecule has 0 saturated carbocycles. The number of aromatic nitrogens is 2. The topological polar surface area (TPSA) is 93.1 Å². The van der Waals surface area contributed by atoms with Crippen molar-refractivity contribution >= 4 is 44.8 Å². The zero-order valence-corrected chi connectivity index (χ0v) is 17.1. The largest absolute Gasteiger partial charge is 0.404 e. The minimum atomic E-state index is -4.78. The SMILES string of the molecule is Cc1cc(NC(=O)c2c(Cl)c(S(=O)(=O)N[C@H](C)C(F)(F)F)cn2C)cc(Cl)n1. The highest BCUT2D eigenvalue weighted by Crippen LogP contribution is 2.29. The summed E-state index contributed by atoms with van der Waals surface area (Å²) in [7, 11) is -3.30. The van der Waals surface area contributed by atoms with Crippen LogP contribution in [-0.2, 0) is 17.1 Å². The average molecular weight is 459 g/mol. The van der Waals surface area contributed by atoms with E-state index in [0.717, 1.165) is 10.8 Å². The summed E-state index contributed by atoms with van der Waals surface area (Å²) < 4.78 is 65.2. The van der Waals surface area contributed by atoms with Crippen LogP contribution in [0.25, 0.3) is 0 Å². The van der Waals surface area contributed by atoms with Gasteiger partial charge in [0.15, 0.2) is 0 Å². The van der Waals surface area contributed by atoms with Gasteiger partial charge in [0, 0.05) is 24.6 Å². The molecule has 2 N–H and O–H groups in total. The van der Waals surface area contributed by atoms with Crippen LogP contribution in [-0.4, -0.2) is 36.1 Å². The number of pyridine rings is 1. The first-order valence-electron chi connectivity index (χ1n) is 7.61. The van der Waals surface area contributed by atoms with E-state index in [1.165, 1.54) is 23.9 Å². The van der Waals surface area contributed by atoms with E-state index in [9.17, 15) is 26.4 Å².